The Morgan fingerprint density at radius 1 is 1.38 bits per heavy atom. The van der Waals surface area contributed by atoms with Crippen molar-refractivity contribution in [2.24, 2.45) is 0 Å². The molecule has 0 saturated heterocycles. The van der Waals surface area contributed by atoms with Crippen molar-refractivity contribution in [2.75, 3.05) is 36.5 Å². The quantitative estimate of drug-likeness (QED) is 0.838. The highest BCUT2D eigenvalue weighted by Crippen LogP contribution is 2.30. The third-order valence-corrected chi connectivity index (χ3v) is 5.08. The number of nitrogens with one attached hydrogen (secondary N) is 1. The van der Waals surface area contributed by atoms with Crippen molar-refractivity contribution in [1.29, 1.82) is 0 Å². The number of rotatable bonds is 7. The van der Waals surface area contributed by atoms with Crippen LogP contribution in [-0.4, -0.2) is 40.1 Å². The first-order valence-corrected chi connectivity index (χ1v) is 9.75. The Balaban J connectivity index is 2.01. The zero-order valence-corrected chi connectivity index (χ0v) is 14.0. The van der Waals surface area contributed by atoms with Crippen molar-refractivity contribution >= 4 is 15.5 Å². The van der Waals surface area contributed by atoms with Gasteiger partial charge in [0.2, 0.25) is 0 Å². The number of nitrogens with zero attached hydrogens (tertiary/aromatic N) is 1. The van der Waals surface area contributed by atoms with Gasteiger partial charge in [0, 0.05) is 31.1 Å². The van der Waals surface area contributed by atoms with Crippen LogP contribution in [-0.2, 0) is 16.3 Å². The second kappa shape index (κ2) is 6.79. The average Bonchev–Trinajstić information content (AvgIpc) is 2.80. The summed E-state index contributed by atoms with van der Waals surface area (Å²) < 4.78 is 22.4. The van der Waals surface area contributed by atoms with Crippen LogP contribution < -0.4 is 10.2 Å². The van der Waals surface area contributed by atoms with Crippen LogP contribution >= 0.6 is 0 Å². The number of hydrogen-bond donors (Lipinski definition) is 1. The summed E-state index contributed by atoms with van der Waals surface area (Å²) in [7, 11) is -2.85. The molecule has 118 valence electrons. The molecule has 0 radical (unpaired) electrons. The van der Waals surface area contributed by atoms with Crippen molar-refractivity contribution in [1.82, 2.24) is 5.32 Å². The van der Waals surface area contributed by atoms with Gasteiger partial charge >= 0.3 is 0 Å². The summed E-state index contributed by atoms with van der Waals surface area (Å²) in [5, 5.41) is 3.43. The summed E-state index contributed by atoms with van der Waals surface area (Å²) in [5.41, 5.74) is 3.99. The van der Waals surface area contributed by atoms with E-state index in [9.17, 15) is 8.42 Å². The van der Waals surface area contributed by atoms with Crippen molar-refractivity contribution in [3.8, 4) is 0 Å². The Hall–Kier alpha value is -1.07. The van der Waals surface area contributed by atoms with Gasteiger partial charge in [-0.3, -0.25) is 0 Å². The van der Waals surface area contributed by atoms with Crippen LogP contribution in [0, 0.1) is 0 Å². The third-order valence-electron chi connectivity index (χ3n) is 4.05. The van der Waals surface area contributed by atoms with Crippen LogP contribution in [0.15, 0.2) is 18.2 Å². The predicted octanol–water partition coefficient (Wildman–Crippen LogP) is 2.15. The van der Waals surface area contributed by atoms with E-state index < -0.39 is 9.84 Å². The zero-order chi connectivity index (χ0) is 15.5. The van der Waals surface area contributed by atoms with Crippen molar-refractivity contribution < 1.29 is 8.42 Å². The van der Waals surface area contributed by atoms with E-state index in [0.29, 0.717) is 12.5 Å². The molecular weight excluding hydrogens is 284 g/mol. The molecule has 0 aromatic heterocycles. The first kappa shape index (κ1) is 16.3. The maximum absolute atomic E-state index is 11.2. The SMILES string of the molecule is CCNC(C)c1ccc2c(c1)CCN2CCCS(C)(=O)=O. The summed E-state index contributed by atoms with van der Waals surface area (Å²) in [4.78, 5) is 2.31. The molecule has 0 amide bonds. The van der Waals surface area contributed by atoms with Gasteiger partial charge < -0.3 is 10.2 Å². The minimum atomic E-state index is -2.85. The molecule has 1 heterocycles. The van der Waals surface area contributed by atoms with Crippen molar-refractivity contribution in [2.45, 2.75) is 32.7 Å². The van der Waals surface area contributed by atoms with Crippen LogP contribution in [0.4, 0.5) is 5.69 Å². The fraction of sp³-hybridized carbons (Fsp3) is 0.625. The fourth-order valence-electron chi connectivity index (χ4n) is 2.93. The van der Waals surface area contributed by atoms with Crippen LogP contribution in [0.1, 0.15) is 37.4 Å². The number of benzene rings is 1. The van der Waals surface area contributed by atoms with Crippen LogP contribution in [0.3, 0.4) is 0 Å². The maximum atomic E-state index is 11.2. The molecular formula is C16H26N2O2S. The third kappa shape index (κ3) is 4.45. The molecule has 0 bridgehead atoms. The minimum Gasteiger partial charge on any atom is -0.371 e. The predicted molar refractivity (Wildman–Crippen MR) is 88.8 cm³/mol. The Kier molecular flexibility index (Phi) is 5.27. The molecule has 1 aliphatic rings. The molecule has 2 rings (SSSR count). The van der Waals surface area contributed by atoms with Gasteiger partial charge in [0.1, 0.15) is 9.84 Å². The largest absolute Gasteiger partial charge is 0.371 e. The van der Waals surface area contributed by atoms with Crippen LogP contribution in [0.5, 0.6) is 0 Å². The lowest BCUT2D eigenvalue weighted by atomic mass is 10.0. The Morgan fingerprint density at radius 3 is 2.81 bits per heavy atom. The lowest BCUT2D eigenvalue weighted by molar-refractivity contribution is 0.597. The Labute approximate surface area is 128 Å². The molecule has 0 saturated carbocycles. The topological polar surface area (TPSA) is 49.4 Å². The lowest BCUT2D eigenvalue weighted by Gasteiger charge is -2.20. The van der Waals surface area contributed by atoms with E-state index in [-0.39, 0.29) is 5.75 Å². The van der Waals surface area contributed by atoms with Crippen LogP contribution in [0.2, 0.25) is 0 Å². The number of hydrogen-bond acceptors (Lipinski definition) is 4. The van der Waals surface area contributed by atoms with Gasteiger partial charge in [-0.1, -0.05) is 19.1 Å². The van der Waals surface area contributed by atoms with Crippen molar-refractivity contribution in [3.05, 3.63) is 29.3 Å². The minimum absolute atomic E-state index is 0.272. The van der Waals surface area contributed by atoms with Gasteiger partial charge in [0.15, 0.2) is 0 Å². The van der Waals surface area contributed by atoms with E-state index in [1.165, 1.54) is 23.1 Å². The Bertz CT molecular complexity index is 584. The van der Waals surface area contributed by atoms with E-state index in [4.69, 9.17) is 0 Å². The normalized spacial score (nSPS) is 16.0. The number of fused-ring (bicyclic) bond motifs is 1. The molecule has 1 unspecified atom stereocenters. The van der Waals surface area contributed by atoms with E-state index >= 15 is 0 Å². The van der Waals surface area contributed by atoms with Gasteiger partial charge in [0.25, 0.3) is 0 Å². The number of anilines is 1. The summed E-state index contributed by atoms with van der Waals surface area (Å²) >= 11 is 0. The monoisotopic (exact) mass is 310 g/mol. The summed E-state index contributed by atoms with van der Waals surface area (Å²) in [6, 6.07) is 7.03. The van der Waals surface area contributed by atoms with Gasteiger partial charge in [-0.15, -0.1) is 0 Å². The molecule has 4 nitrogen and oxygen atoms in total. The molecule has 1 aliphatic heterocycles. The first-order chi connectivity index (χ1) is 9.90. The smallest absolute Gasteiger partial charge is 0.147 e. The molecule has 0 fully saturated rings. The van der Waals surface area contributed by atoms with E-state index in [1.54, 1.807) is 0 Å². The van der Waals surface area contributed by atoms with E-state index in [0.717, 1.165) is 26.1 Å². The van der Waals surface area contributed by atoms with E-state index in [2.05, 4.69) is 42.3 Å². The van der Waals surface area contributed by atoms with Crippen molar-refractivity contribution in [3.63, 3.8) is 0 Å². The lowest BCUT2D eigenvalue weighted by Crippen LogP contribution is -2.23. The highest BCUT2D eigenvalue weighted by atomic mass is 32.2. The summed E-state index contributed by atoms with van der Waals surface area (Å²) in [5.74, 6) is 0.272. The summed E-state index contributed by atoms with van der Waals surface area (Å²) in [6.07, 6.45) is 3.06. The molecule has 1 N–H and O–H groups in total. The molecule has 21 heavy (non-hydrogen) atoms. The van der Waals surface area contributed by atoms with E-state index in [1.807, 2.05) is 0 Å². The van der Waals surface area contributed by atoms with Gasteiger partial charge in [-0.05, 0) is 43.5 Å². The second-order valence-electron chi connectivity index (χ2n) is 5.89. The van der Waals surface area contributed by atoms with Crippen LogP contribution in [0.25, 0.3) is 0 Å². The molecule has 1 aromatic rings. The molecule has 0 spiro atoms. The standard InChI is InChI=1S/C16H26N2O2S/c1-4-17-13(2)14-6-7-16-15(12-14)8-10-18(16)9-5-11-21(3,19)20/h6-7,12-13,17H,4-5,8-11H2,1-3H3. The Morgan fingerprint density at radius 2 is 2.14 bits per heavy atom. The second-order valence-corrected chi connectivity index (χ2v) is 8.15. The highest BCUT2D eigenvalue weighted by Gasteiger charge is 2.20. The van der Waals surface area contributed by atoms with Gasteiger partial charge in [-0.25, -0.2) is 8.42 Å². The van der Waals surface area contributed by atoms with Gasteiger partial charge in [0.05, 0.1) is 5.75 Å². The molecule has 1 aromatic carbocycles. The van der Waals surface area contributed by atoms with Gasteiger partial charge in [-0.2, -0.15) is 0 Å². The highest BCUT2D eigenvalue weighted by molar-refractivity contribution is 7.90. The fourth-order valence-corrected chi connectivity index (χ4v) is 3.59. The maximum Gasteiger partial charge on any atom is 0.147 e. The molecule has 1 atom stereocenters. The zero-order valence-electron chi connectivity index (χ0n) is 13.2. The number of sulfone groups is 1. The molecule has 5 heteroatoms. The first-order valence-electron chi connectivity index (χ1n) is 7.69. The molecule has 0 aliphatic carbocycles. The average molecular weight is 310 g/mol. The summed E-state index contributed by atoms with van der Waals surface area (Å²) in [6.45, 7) is 7.09.